The number of nitrogens with one attached hydrogen (secondary N) is 1. The number of para-hydroxylation sites is 1. The molecule has 0 fully saturated rings. The summed E-state index contributed by atoms with van der Waals surface area (Å²) in [4.78, 5) is 25.6. The van der Waals surface area contributed by atoms with Crippen LogP contribution in [0.5, 0.6) is 5.75 Å². The third-order valence-electron chi connectivity index (χ3n) is 3.90. The Morgan fingerprint density at radius 3 is 2.30 bits per heavy atom. The van der Waals surface area contributed by atoms with Gasteiger partial charge in [0.1, 0.15) is 23.1 Å². The molecule has 0 aliphatic carbocycles. The van der Waals surface area contributed by atoms with Gasteiger partial charge in [-0.2, -0.15) is 0 Å². The zero-order valence-electron chi connectivity index (χ0n) is 15.3. The summed E-state index contributed by atoms with van der Waals surface area (Å²) in [5.74, 6) is -2.04. The fourth-order valence-corrected chi connectivity index (χ4v) is 2.39. The van der Waals surface area contributed by atoms with Crippen molar-refractivity contribution in [3.63, 3.8) is 0 Å². The Morgan fingerprint density at radius 1 is 1.07 bits per heavy atom. The highest BCUT2D eigenvalue weighted by Crippen LogP contribution is 2.18. The molecular formula is C20H22F2N2O3. The largest absolute Gasteiger partial charge is 0.493 e. The van der Waals surface area contributed by atoms with E-state index in [1.807, 2.05) is 31.2 Å². The number of anilines is 1. The summed E-state index contributed by atoms with van der Waals surface area (Å²) in [6.07, 6.45) is 0.0864. The second kappa shape index (κ2) is 9.66. The highest BCUT2D eigenvalue weighted by atomic mass is 19.1. The normalized spacial score (nSPS) is 10.4. The van der Waals surface area contributed by atoms with Crippen LogP contribution >= 0.6 is 0 Å². The number of carbonyl (C=O) groups is 2. The Morgan fingerprint density at radius 2 is 1.70 bits per heavy atom. The Labute approximate surface area is 156 Å². The molecule has 0 saturated carbocycles. The first kappa shape index (κ1) is 20.4. The predicted octanol–water partition coefficient (Wildman–Crippen LogP) is 3.53. The van der Waals surface area contributed by atoms with Crippen LogP contribution in [0.2, 0.25) is 0 Å². The molecular weight excluding hydrogens is 354 g/mol. The van der Waals surface area contributed by atoms with Crippen LogP contribution in [0, 0.1) is 18.6 Å². The number of ether oxygens (including phenoxy) is 1. The number of hydrogen-bond acceptors (Lipinski definition) is 3. The molecule has 0 saturated heterocycles. The third-order valence-corrected chi connectivity index (χ3v) is 3.90. The topological polar surface area (TPSA) is 58.6 Å². The fraction of sp³-hybridized carbons (Fsp3) is 0.300. The number of halogens is 2. The molecule has 0 spiro atoms. The van der Waals surface area contributed by atoms with Crippen LogP contribution in [0.1, 0.15) is 18.9 Å². The Bertz CT molecular complexity index is 774. The fourth-order valence-electron chi connectivity index (χ4n) is 2.39. The number of benzene rings is 2. The maximum atomic E-state index is 13.6. The second-order valence-electron chi connectivity index (χ2n) is 5.96. The summed E-state index contributed by atoms with van der Waals surface area (Å²) in [6.45, 7) is 3.84. The lowest BCUT2D eigenvalue weighted by atomic mass is 10.2. The van der Waals surface area contributed by atoms with Gasteiger partial charge in [0.25, 0.3) is 0 Å². The van der Waals surface area contributed by atoms with Gasteiger partial charge in [0.05, 0.1) is 19.6 Å². The molecule has 7 heteroatoms. The average molecular weight is 376 g/mol. The molecule has 0 unspecified atom stereocenters. The van der Waals surface area contributed by atoms with Crippen molar-refractivity contribution >= 4 is 17.5 Å². The van der Waals surface area contributed by atoms with Crippen LogP contribution in [0.3, 0.4) is 0 Å². The minimum atomic E-state index is -0.871. The maximum absolute atomic E-state index is 13.6. The van der Waals surface area contributed by atoms with Crippen molar-refractivity contribution < 1.29 is 23.1 Å². The van der Waals surface area contributed by atoms with E-state index in [-0.39, 0.29) is 32.0 Å². The Hall–Kier alpha value is -2.96. The molecule has 0 radical (unpaired) electrons. The molecule has 27 heavy (non-hydrogen) atoms. The molecule has 2 amide bonds. The highest BCUT2D eigenvalue weighted by molar-refractivity contribution is 5.94. The van der Waals surface area contributed by atoms with Crippen molar-refractivity contribution in [2.45, 2.75) is 20.3 Å². The molecule has 5 nitrogen and oxygen atoms in total. The average Bonchev–Trinajstić information content (AvgIpc) is 2.64. The molecule has 0 atom stereocenters. The highest BCUT2D eigenvalue weighted by Gasteiger charge is 2.18. The van der Waals surface area contributed by atoms with Crippen molar-refractivity contribution in [2.75, 3.05) is 25.0 Å². The summed E-state index contributed by atoms with van der Waals surface area (Å²) in [5.41, 5.74) is 0.585. The summed E-state index contributed by atoms with van der Waals surface area (Å²) >= 11 is 0. The van der Waals surface area contributed by atoms with Crippen LogP contribution in [0.25, 0.3) is 0 Å². The third kappa shape index (κ3) is 6.06. The van der Waals surface area contributed by atoms with E-state index >= 15 is 0 Å². The van der Waals surface area contributed by atoms with Crippen molar-refractivity contribution in [3.8, 4) is 5.75 Å². The number of hydrogen-bond donors (Lipinski definition) is 1. The van der Waals surface area contributed by atoms with Gasteiger partial charge in [-0.15, -0.1) is 0 Å². The van der Waals surface area contributed by atoms with Gasteiger partial charge in [-0.3, -0.25) is 9.59 Å². The van der Waals surface area contributed by atoms with E-state index < -0.39 is 23.2 Å². The van der Waals surface area contributed by atoms with Gasteiger partial charge in [-0.1, -0.05) is 23.8 Å². The van der Waals surface area contributed by atoms with Gasteiger partial charge in [0.15, 0.2) is 0 Å². The van der Waals surface area contributed by atoms with E-state index in [9.17, 15) is 18.4 Å². The molecule has 144 valence electrons. The van der Waals surface area contributed by atoms with E-state index in [0.717, 1.165) is 17.7 Å². The van der Waals surface area contributed by atoms with Gasteiger partial charge in [0, 0.05) is 6.54 Å². The van der Waals surface area contributed by atoms with Gasteiger partial charge in [-0.05, 0) is 38.1 Å². The van der Waals surface area contributed by atoms with Crippen LogP contribution < -0.4 is 10.1 Å². The lowest BCUT2D eigenvalue weighted by Gasteiger charge is -2.20. The summed E-state index contributed by atoms with van der Waals surface area (Å²) < 4.78 is 32.7. The zero-order valence-corrected chi connectivity index (χ0v) is 15.3. The van der Waals surface area contributed by atoms with E-state index in [2.05, 4.69) is 5.32 Å². The number of carbonyl (C=O) groups excluding carboxylic acids is 2. The number of nitrogens with zero attached hydrogens (tertiary/aromatic N) is 1. The summed E-state index contributed by atoms with van der Waals surface area (Å²) in [5, 5.41) is 2.17. The standard InChI is InChI=1S/C20H22F2N2O3/c1-3-24(13-18(25)23-20-16(21)5-4-6-17(20)22)19(26)11-12-27-15-9-7-14(2)8-10-15/h4-10H,3,11-13H2,1-2H3,(H,23,25). The van der Waals surface area contributed by atoms with Crippen LogP contribution in [0.4, 0.5) is 14.5 Å². The van der Waals surface area contributed by atoms with Crippen LogP contribution in [0.15, 0.2) is 42.5 Å². The van der Waals surface area contributed by atoms with Crippen LogP contribution in [-0.2, 0) is 9.59 Å². The van der Waals surface area contributed by atoms with Crippen LogP contribution in [-0.4, -0.2) is 36.4 Å². The molecule has 0 aromatic heterocycles. The number of amides is 2. The van der Waals surface area contributed by atoms with Gasteiger partial charge < -0.3 is 15.0 Å². The number of rotatable bonds is 8. The Balaban J connectivity index is 1.85. The van der Waals surface area contributed by atoms with E-state index in [4.69, 9.17) is 4.74 Å². The summed E-state index contributed by atoms with van der Waals surface area (Å²) in [7, 11) is 0. The first-order valence-electron chi connectivity index (χ1n) is 8.61. The zero-order chi connectivity index (χ0) is 19.8. The lowest BCUT2D eigenvalue weighted by molar-refractivity contribution is -0.134. The van der Waals surface area contributed by atoms with Crippen molar-refractivity contribution in [1.29, 1.82) is 0 Å². The first-order valence-corrected chi connectivity index (χ1v) is 8.61. The van der Waals surface area contributed by atoms with Crippen molar-refractivity contribution in [2.24, 2.45) is 0 Å². The minimum absolute atomic E-state index is 0.0864. The number of likely N-dealkylation sites (N-methyl/N-ethyl adjacent to an activating group) is 1. The van der Waals surface area contributed by atoms with E-state index in [1.165, 1.54) is 11.0 Å². The smallest absolute Gasteiger partial charge is 0.244 e. The second-order valence-corrected chi connectivity index (χ2v) is 5.96. The van der Waals surface area contributed by atoms with E-state index in [0.29, 0.717) is 5.75 Å². The van der Waals surface area contributed by atoms with Gasteiger partial charge in [-0.25, -0.2) is 8.78 Å². The van der Waals surface area contributed by atoms with Crippen molar-refractivity contribution in [3.05, 3.63) is 59.7 Å². The monoisotopic (exact) mass is 376 g/mol. The molecule has 1 N–H and O–H groups in total. The molecule has 2 aromatic carbocycles. The van der Waals surface area contributed by atoms with Crippen molar-refractivity contribution in [1.82, 2.24) is 4.90 Å². The van der Waals surface area contributed by atoms with E-state index in [1.54, 1.807) is 6.92 Å². The minimum Gasteiger partial charge on any atom is -0.493 e. The molecule has 0 aliphatic rings. The predicted molar refractivity (Wildman–Crippen MR) is 98.5 cm³/mol. The Kier molecular flexibility index (Phi) is 7.28. The van der Waals surface area contributed by atoms with Gasteiger partial charge >= 0.3 is 0 Å². The molecule has 2 aromatic rings. The first-order chi connectivity index (χ1) is 12.9. The molecule has 0 heterocycles. The lowest BCUT2D eigenvalue weighted by Crippen LogP contribution is -2.38. The SMILES string of the molecule is CCN(CC(=O)Nc1c(F)cccc1F)C(=O)CCOc1ccc(C)cc1. The quantitative estimate of drug-likeness (QED) is 0.767. The maximum Gasteiger partial charge on any atom is 0.244 e. The molecule has 0 aliphatic heterocycles. The number of aryl methyl sites for hydroxylation is 1. The molecule has 0 bridgehead atoms. The molecule has 2 rings (SSSR count). The van der Waals surface area contributed by atoms with Gasteiger partial charge in [0.2, 0.25) is 11.8 Å². The summed E-state index contributed by atoms with van der Waals surface area (Å²) in [6, 6.07) is 10.7.